The van der Waals surface area contributed by atoms with Gasteiger partial charge in [-0.3, -0.25) is 9.36 Å². The molecule has 4 rings (SSSR count). The number of nitrogens with one attached hydrogen (secondary N) is 1. The lowest BCUT2D eigenvalue weighted by molar-refractivity contribution is -0.113. The minimum absolute atomic E-state index is 0.119. The summed E-state index contributed by atoms with van der Waals surface area (Å²) in [5.74, 6) is 0.933. The van der Waals surface area contributed by atoms with Crippen LogP contribution in [0.4, 0.5) is 5.69 Å². The van der Waals surface area contributed by atoms with Gasteiger partial charge in [-0.25, -0.2) is 0 Å². The molecule has 0 fully saturated rings. The van der Waals surface area contributed by atoms with Crippen molar-refractivity contribution in [2.45, 2.75) is 31.8 Å². The molecule has 1 N–H and O–H groups in total. The van der Waals surface area contributed by atoms with E-state index in [2.05, 4.69) is 35.4 Å². The van der Waals surface area contributed by atoms with Crippen molar-refractivity contribution < 1.29 is 4.79 Å². The molecule has 3 aromatic carbocycles. The van der Waals surface area contributed by atoms with Crippen LogP contribution in [0, 0.1) is 6.92 Å². The summed E-state index contributed by atoms with van der Waals surface area (Å²) in [5.41, 5.74) is 4.70. The number of para-hydroxylation sites is 1. The number of rotatable bonds is 7. The molecule has 1 amide bonds. The van der Waals surface area contributed by atoms with Crippen LogP contribution in [0.25, 0.3) is 17.1 Å². The lowest BCUT2D eigenvalue weighted by Crippen LogP contribution is -2.14. The molecule has 5 nitrogen and oxygen atoms in total. The second-order valence-corrected chi connectivity index (χ2v) is 9.97. The summed E-state index contributed by atoms with van der Waals surface area (Å²) in [5, 5.41) is 13.4. The van der Waals surface area contributed by atoms with Crippen molar-refractivity contribution in [2.24, 2.45) is 0 Å². The van der Waals surface area contributed by atoms with Gasteiger partial charge in [-0.15, -0.1) is 10.2 Å². The Hall–Kier alpha value is -2.80. The predicted octanol–water partition coefficient (Wildman–Crippen LogP) is 7.40. The first kappa shape index (κ1) is 24.3. The van der Waals surface area contributed by atoms with Crippen LogP contribution in [0.5, 0.6) is 0 Å². The van der Waals surface area contributed by atoms with Gasteiger partial charge >= 0.3 is 0 Å². The number of nitrogens with zero attached hydrogens (tertiary/aromatic N) is 3. The highest BCUT2D eigenvalue weighted by atomic mass is 35.5. The fraction of sp³-hybridized carbons (Fsp3) is 0.192. The molecule has 1 aromatic heterocycles. The van der Waals surface area contributed by atoms with Crippen molar-refractivity contribution in [3.63, 3.8) is 0 Å². The van der Waals surface area contributed by atoms with Crippen LogP contribution in [-0.4, -0.2) is 26.4 Å². The molecule has 0 aliphatic rings. The standard InChI is InChI=1S/C26H24Cl2N4OS/c1-16(2)20-6-4-5-7-23(20)32-25(21-13-10-18(27)14-22(21)28)30-31-26(32)34-15-24(33)29-19-11-8-17(3)9-12-19/h4-14,16H,15H2,1-3H3,(H,29,33). The average Bonchev–Trinajstić information content (AvgIpc) is 3.22. The molecule has 174 valence electrons. The topological polar surface area (TPSA) is 59.8 Å². The number of amides is 1. The first-order valence-corrected chi connectivity index (χ1v) is 12.6. The zero-order valence-electron chi connectivity index (χ0n) is 19.0. The van der Waals surface area contributed by atoms with Crippen LogP contribution in [0.15, 0.2) is 71.9 Å². The van der Waals surface area contributed by atoms with Crippen LogP contribution < -0.4 is 5.32 Å². The number of hydrogen-bond donors (Lipinski definition) is 1. The van der Waals surface area contributed by atoms with E-state index in [4.69, 9.17) is 23.2 Å². The monoisotopic (exact) mass is 510 g/mol. The third kappa shape index (κ3) is 5.46. The predicted molar refractivity (Wildman–Crippen MR) is 141 cm³/mol. The fourth-order valence-electron chi connectivity index (χ4n) is 3.57. The molecule has 0 saturated carbocycles. The van der Waals surface area contributed by atoms with Crippen LogP contribution in [0.3, 0.4) is 0 Å². The molecule has 0 unspecified atom stereocenters. The number of halogens is 2. The molecule has 0 saturated heterocycles. The zero-order chi connectivity index (χ0) is 24.2. The summed E-state index contributed by atoms with van der Waals surface area (Å²) in [4.78, 5) is 12.6. The van der Waals surface area contributed by atoms with Gasteiger partial charge in [0.25, 0.3) is 0 Å². The van der Waals surface area contributed by atoms with Crippen LogP contribution in [-0.2, 0) is 4.79 Å². The van der Waals surface area contributed by atoms with E-state index in [9.17, 15) is 4.79 Å². The number of carbonyl (C=O) groups excluding carboxylic acids is 1. The van der Waals surface area contributed by atoms with Gasteiger partial charge in [-0.05, 0) is 54.8 Å². The summed E-state index contributed by atoms with van der Waals surface area (Å²) < 4.78 is 1.97. The van der Waals surface area contributed by atoms with E-state index < -0.39 is 0 Å². The van der Waals surface area contributed by atoms with E-state index in [1.54, 1.807) is 12.1 Å². The maximum atomic E-state index is 12.6. The van der Waals surface area contributed by atoms with Gasteiger partial charge in [-0.2, -0.15) is 0 Å². The zero-order valence-corrected chi connectivity index (χ0v) is 21.4. The van der Waals surface area contributed by atoms with E-state index in [0.29, 0.717) is 26.6 Å². The number of hydrogen-bond acceptors (Lipinski definition) is 4. The second kappa shape index (κ2) is 10.6. The Morgan fingerprint density at radius 2 is 1.76 bits per heavy atom. The number of aromatic nitrogens is 3. The van der Waals surface area contributed by atoms with Crippen molar-refractivity contribution in [3.8, 4) is 17.1 Å². The molecular weight excluding hydrogens is 487 g/mol. The smallest absolute Gasteiger partial charge is 0.234 e. The molecule has 0 aliphatic carbocycles. The van der Waals surface area contributed by atoms with E-state index in [-0.39, 0.29) is 17.6 Å². The Bertz CT molecular complexity index is 1320. The number of anilines is 1. The second-order valence-electron chi connectivity index (χ2n) is 8.18. The van der Waals surface area contributed by atoms with E-state index in [1.807, 2.05) is 60.0 Å². The summed E-state index contributed by atoms with van der Waals surface area (Å²) in [7, 11) is 0. The number of aryl methyl sites for hydroxylation is 1. The third-order valence-electron chi connectivity index (χ3n) is 5.27. The lowest BCUT2D eigenvalue weighted by atomic mass is 10.0. The highest BCUT2D eigenvalue weighted by molar-refractivity contribution is 7.99. The summed E-state index contributed by atoms with van der Waals surface area (Å²) in [6.07, 6.45) is 0. The van der Waals surface area contributed by atoms with Crippen LogP contribution in [0.1, 0.15) is 30.9 Å². The van der Waals surface area contributed by atoms with E-state index in [0.717, 1.165) is 22.5 Å². The number of thioether (sulfide) groups is 1. The lowest BCUT2D eigenvalue weighted by Gasteiger charge is -2.17. The number of benzene rings is 3. The summed E-state index contributed by atoms with van der Waals surface area (Å²) in [6, 6.07) is 21.1. The molecule has 4 aromatic rings. The SMILES string of the molecule is Cc1ccc(NC(=O)CSc2nnc(-c3ccc(Cl)cc3Cl)n2-c2ccccc2C(C)C)cc1. The van der Waals surface area contributed by atoms with Gasteiger partial charge in [0.2, 0.25) is 5.91 Å². The summed E-state index contributed by atoms with van der Waals surface area (Å²) >= 11 is 14.0. The minimum atomic E-state index is -0.119. The summed E-state index contributed by atoms with van der Waals surface area (Å²) in [6.45, 7) is 6.29. The Labute approximate surface area is 213 Å². The molecular formula is C26H24Cl2N4OS. The molecule has 0 spiro atoms. The molecule has 1 heterocycles. The van der Waals surface area contributed by atoms with Crippen molar-refractivity contribution >= 4 is 46.6 Å². The van der Waals surface area contributed by atoms with Crippen LogP contribution >= 0.6 is 35.0 Å². The van der Waals surface area contributed by atoms with Crippen molar-refractivity contribution in [3.05, 3.63) is 87.9 Å². The number of carbonyl (C=O) groups is 1. The van der Waals surface area contributed by atoms with Crippen molar-refractivity contribution in [1.29, 1.82) is 0 Å². The van der Waals surface area contributed by atoms with Crippen LogP contribution in [0.2, 0.25) is 10.0 Å². The molecule has 0 aliphatic heterocycles. The third-order valence-corrected chi connectivity index (χ3v) is 6.75. The quantitative estimate of drug-likeness (QED) is 0.263. The minimum Gasteiger partial charge on any atom is -0.325 e. The highest BCUT2D eigenvalue weighted by Gasteiger charge is 2.21. The van der Waals surface area contributed by atoms with Crippen molar-refractivity contribution in [2.75, 3.05) is 11.1 Å². The molecule has 8 heteroatoms. The maximum absolute atomic E-state index is 12.6. The largest absolute Gasteiger partial charge is 0.325 e. The van der Waals surface area contributed by atoms with E-state index >= 15 is 0 Å². The van der Waals surface area contributed by atoms with Gasteiger partial charge < -0.3 is 5.32 Å². The Morgan fingerprint density at radius 1 is 1.03 bits per heavy atom. The Kier molecular flexibility index (Phi) is 7.61. The van der Waals surface area contributed by atoms with Gasteiger partial charge in [0, 0.05) is 16.3 Å². The first-order chi connectivity index (χ1) is 16.3. The van der Waals surface area contributed by atoms with E-state index in [1.165, 1.54) is 11.8 Å². The van der Waals surface area contributed by atoms with Gasteiger partial charge in [0.15, 0.2) is 11.0 Å². The van der Waals surface area contributed by atoms with Gasteiger partial charge in [-0.1, -0.05) is 84.7 Å². The normalized spacial score (nSPS) is 11.1. The molecule has 0 radical (unpaired) electrons. The average molecular weight is 511 g/mol. The fourth-order valence-corrected chi connectivity index (χ4v) is 4.81. The first-order valence-electron chi connectivity index (χ1n) is 10.8. The van der Waals surface area contributed by atoms with Crippen molar-refractivity contribution in [1.82, 2.24) is 14.8 Å². The Balaban J connectivity index is 1.70. The molecule has 0 bridgehead atoms. The Morgan fingerprint density at radius 3 is 2.47 bits per heavy atom. The maximum Gasteiger partial charge on any atom is 0.234 e. The molecule has 0 atom stereocenters. The molecule has 34 heavy (non-hydrogen) atoms. The highest BCUT2D eigenvalue weighted by Crippen LogP contribution is 2.35. The van der Waals surface area contributed by atoms with Gasteiger partial charge in [0.1, 0.15) is 0 Å². The van der Waals surface area contributed by atoms with Gasteiger partial charge in [0.05, 0.1) is 16.5 Å².